The highest BCUT2D eigenvalue weighted by molar-refractivity contribution is 9.10. The molecule has 0 unspecified atom stereocenters. The molecule has 1 heterocycles. The van der Waals surface area contributed by atoms with Crippen molar-refractivity contribution in [2.24, 2.45) is 0 Å². The van der Waals surface area contributed by atoms with Crippen molar-refractivity contribution in [3.63, 3.8) is 0 Å². The van der Waals surface area contributed by atoms with Gasteiger partial charge in [-0.2, -0.15) is 0 Å². The number of rotatable bonds is 3. The van der Waals surface area contributed by atoms with E-state index in [-0.39, 0.29) is 11.5 Å². The lowest BCUT2D eigenvalue weighted by Crippen LogP contribution is -2.10. The summed E-state index contributed by atoms with van der Waals surface area (Å²) < 4.78 is 5.78. The molecule has 0 bridgehead atoms. The molecule has 2 N–H and O–H groups in total. The zero-order valence-corrected chi connectivity index (χ0v) is 10.6. The minimum Gasteiger partial charge on any atom is -0.475 e. The zero-order valence-electron chi connectivity index (χ0n) is 9.01. The molecule has 0 fully saturated rings. The highest BCUT2D eigenvalue weighted by atomic mass is 79.9. The van der Waals surface area contributed by atoms with E-state index in [1.54, 1.807) is 24.3 Å². The Labute approximate surface area is 111 Å². The van der Waals surface area contributed by atoms with Crippen LogP contribution in [0.5, 0.6) is 0 Å². The molecule has 5 nitrogen and oxygen atoms in total. The van der Waals surface area contributed by atoms with E-state index >= 15 is 0 Å². The first-order chi connectivity index (χ1) is 8.56. The molecule has 0 aliphatic carbocycles. The number of furan rings is 1. The number of anilines is 1. The molecule has 0 aliphatic rings. The van der Waals surface area contributed by atoms with E-state index in [2.05, 4.69) is 21.2 Å². The third kappa shape index (κ3) is 2.78. The molecular weight excluding hydrogens is 302 g/mol. The summed E-state index contributed by atoms with van der Waals surface area (Å²) in [6, 6.07) is 9.53. The highest BCUT2D eigenvalue weighted by Crippen LogP contribution is 2.16. The van der Waals surface area contributed by atoms with Gasteiger partial charge < -0.3 is 14.8 Å². The van der Waals surface area contributed by atoms with Crippen LogP contribution in [0.25, 0.3) is 0 Å². The summed E-state index contributed by atoms with van der Waals surface area (Å²) in [5.74, 6) is -2.02. The molecule has 2 aromatic rings. The van der Waals surface area contributed by atoms with Crippen molar-refractivity contribution in [2.75, 3.05) is 5.32 Å². The Hall–Kier alpha value is -2.08. The first-order valence-electron chi connectivity index (χ1n) is 4.96. The lowest BCUT2D eigenvalue weighted by atomic mass is 10.3. The number of carbonyl (C=O) groups excluding carboxylic acids is 1. The molecule has 6 heteroatoms. The maximum Gasteiger partial charge on any atom is 0.371 e. The zero-order chi connectivity index (χ0) is 13.1. The number of nitrogens with one attached hydrogen (secondary N) is 1. The first kappa shape index (κ1) is 12.4. The topological polar surface area (TPSA) is 79.5 Å². The lowest BCUT2D eigenvalue weighted by molar-refractivity contribution is 0.0660. The maximum absolute atomic E-state index is 11.7. The number of carboxylic acid groups (broad SMARTS) is 1. The number of benzene rings is 1. The van der Waals surface area contributed by atoms with Gasteiger partial charge in [0.2, 0.25) is 5.76 Å². The molecule has 0 radical (unpaired) electrons. The second-order valence-electron chi connectivity index (χ2n) is 3.43. The fourth-order valence-electron chi connectivity index (χ4n) is 1.30. The number of hydrogen-bond acceptors (Lipinski definition) is 3. The van der Waals surface area contributed by atoms with Crippen molar-refractivity contribution in [3.8, 4) is 0 Å². The van der Waals surface area contributed by atoms with E-state index in [4.69, 9.17) is 9.52 Å². The number of hydrogen-bond donors (Lipinski definition) is 2. The van der Waals surface area contributed by atoms with Crippen LogP contribution in [-0.2, 0) is 0 Å². The first-order valence-corrected chi connectivity index (χ1v) is 5.75. The Bertz CT molecular complexity index is 588. The van der Waals surface area contributed by atoms with Crippen molar-refractivity contribution in [1.82, 2.24) is 0 Å². The Balaban J connectivity index is 2.11. The van der Waals surface area contributed by atoms with E-state index in [1.165, 1.54) is 12.1 Å². The van der Waals surface area contributed by atoms with Gasteiger partial charge in [-0.05, 0) is 36.4 Å². The monoisotopic (exact) mass is 309 g/mol. The van der Waals surface area contributed by atoms with E-state index in [0.29, 0.717) is 5.69 Å². The summed E-state index contributed by atoms with van der Waals surface area (Å²) in [6.07, 6.45) is 0. The van der Waals surface area contributed by atoms with Gasteiger partial charge in [-0.3, -0.25) is 4.79 Å². The smallest absolute Gasteiger partial charge is 0.371 e. The van der Waals surface area contributed by atoms with Crippen molar-refractivity contribution in [1.29, 1.82) is 0 Å². The lowest BCUT2D eigenvalue weighted by Gasteiger charge is -2.02. The van der Waals surface area contributed by atoms with Crippen LogP contribution in [0.4, 0.5) is 5.69 Å². The van der Waals surface area contributed by atoms with Crippen LogP contribution in [-0.4, -0.2) is 17.0 Å². The predicted octanol–water partition coefficient (Wildman–Crippen LogP) is 2.99. The van der Waals surface area contributed by atoms with E-state index in [1.807, 2.05) is 0 Å². The van der Waals surface area contributed by atoms with Crippen molar-refractivity contribution < 1.29 is 19.1 Å². The largest absolute Gasteiger partial charge is 0.475 e. The Morgan fingerprint density at radius 2 is 1.67 bits per heavy atom. The van der Waals surface area contributed by atoms with Gasteiger partial charge >= 0.3 is 5.97 Å². The van der Waals surface area contributed by atoms with Gasteiger partial charge in [-0.25, -0.2) is 4.79 Å². The van der Waals surface area contributed by atoms with Crippen LogP contribution in [0.3, 0.4) is 0 Å². The molecule has 1 amide bonds. The molecule has 0 spiro atoms. The minimum atomic E-state index is -1.21. The molecule has 1 aromatic heterocycles. The summed E-state index contributed by atoms with van der Waals surface area (Å²) >= 11 is 3.28. The average Bonchev–Trinajstić information content (AvgIpc) is 2.81. The van der Waals surface area contributed by atoms with Gasteiger partial charge in [0.05, 0.1) is 0 Å². The molecule has 18 heavy (non-hydrogen) atoms. The number of aromatic carboxylic acids is 1. The molecule has 92 valence electrons. The van der Waals surface area contributed by atoms with E-state index in [0.717, 1.165) is 4.47 Å². The predicted molar refractivity (Wildman–Crippen MR) is 67.8 cm³/mol. The summed E-state index contributed by atoms with van der Waals surface area (Å²) in [7, 11) is 0. The van der Waals surface area contributed by atoms with Crippen LogP contribution in [0, 0.1) is 0 Å². The molecule has 2 rings (SSSR count). The van der Waals surface area contributed by atoms with E-state index < -0.39 is 11.9 Å². The molecule has 0 aliphatic heterocycles. The van der Waals surface area contributed by atoms with Crippen LogP contribution in [0.1, 0.15) is 21.1 Å². The van der Waals surface area contributed by atoms with E-state index in [9.17, 15) is 9.59 Å². The van der Waals surface area contributed by atoms with Gasteiger partial charge in [-0.15, -0.1) is 0 Å². The SMILES string of the molecule is O=C(O)c1ccc(C(=O)Nc2ccc(Br)cc2)o1. The van der Waals surface area contributed by atoms with Crippen molar-refractivity contribution >= 4 is 33.5 Å². The molecule has 0 atom stereocenters. The normalized spacial score (nSPS) is 10.1. The molecule has 1 aromatic carbocycles. The van der Waals surface area contributed by atoms with Gasteiger partial charge in [0, 0.05) is 10.2 Å². The summed E-state index contributed by atoms with van der Waals surface area (Å²) in [6.45, 7) is 0. The third-order valence-corrected chi connectivity index (χ3v) is 2.67. The third-order valence-electron chi connectivity index (χ3n) is 2.14. The molecule has 0 saturated carbocycles. The van der Waals surface area contributed by atoms with Crippen LogP contribution in [0.15, 0.2) is 45.3 Å². The number of halogens is 1. The second-order valence-corrected chi connectivity index (χ2v) is 4.35. The van der Waals surface area contributed by atoms with Crippen molar-refractivity contribution in [2.45, 2.75) is 0 Å². The summed E-state index contributed by atoms with van der Waals surface area (Å²) in [4.78, 5) is 22.3. The number of carbonyl (C=O) groups is 2. The quantitative estimate of drug-likeness (QED) is 0.913. The van der Waals surface area contributed by atoms with Crippen LogP contribution >= 0.6 is 15.9 Å². The van der Waals surface area contributed by atoms with Gasteiger partial charge in [0.25, 0.3) is 5.91 Å². The van der Waals surface area contributed by atoms with Gasteiger partial charge in [0.1, 0.15) is 0 Å². The number of amides is 1. The Morgan fingerprint density at radius 1 is 1.06 bits per heavy atom. The average molecular weight is 310 g/mol. The standard InChI is InChI=1S/C12H8BrNO4/c13-7-1-3-8(4-2-7)14-11(15)9-5-6-10(18-9)12(16)17/h1-6H,(H,14,15)(H,16,17). The Kier molecular flexibility index (Phi) is 3.47. The number of carboxylic acids is 1. The fourth-order valence-corrected chi connectivity index (χ4v) is 1.57. The van der Waals surface area contributed by atoms with Gasteiger partial charge in [-0.1, -0.05) is 15.9 Å². The van der Waals surface area contributed by atoms with Crippen molar-refractivity contribution in [3.05, 3.63) is 52.4 Å². The summed E-state index contributed by atoms with van der Waals surface area (Å²) in [5, 5.41) is 11.3. The maximum atomic E-state index is 11.7. The van der Waals surface area contributed by atoms with Gasteiger partial charge in [0.15, 0.2) is 5.76 Å². The molecule has 0 saturated heterocycles. The summed E-state index contributed by atoms with van der Waals surface area (Å²) in [5.41, 5.74) is 0.594. The fraction of sp³-hybridized carbons (Fsp3) is 0. The minimum absolute atomic E-state index is 0.0460. The van der Waals surface area contributed by atoms with Crippen LogP contribution in [0.2, 0.25) is 0 Å². The second kappa shape index (κ2) is 5.05. The Morgan fingerprint density at radius 3 is 2.22 bits per heavy atom. The highest BCUT2D eigenvalue weighted by Gasteiger charge is 2.14. The van der Waals surface area contributed by atoms with Crippen LogP contribution < -0.4 is 5.32 Å². The molecular formula is C12H8BrNO4.